The van der Waals surface area contributed by atoms with Crippen LogP contribution in [0.5, 0.6) is 5.75 Å². The summed E-state index contributed by atoms with van der Waals surface area (Å²) in [6, 6.07) is 5.76. The molecule has 0 unspecified atom stereocenters. The predicted molar refractivity (Wildman–Crippen MR) is 92.8 cm³/mol. The largest absolute Gasteiger partial charge is 0.484 e. The lowest BCUT2D eigenvalue weighted by atomic mass is 10.0. The fraction of sp³-hybridized carbons (Fsp3) is 0.412. The standard InChI is InChI=1S/C17H20BrN3O2/c1-12-9-19-20(10-12)7-6-16(22)21-11-17(2,3)23-15-8-13(18)4-5-14(15)21/h4-5,8-10H,6-7,11H2,1-3H3. The molecule has 23 heavy (non-hydrogen) atoms. The minimum absolute atomic E-state index is 0.0816. The molecule has 0 atom stereocenters. The zero-order valence-corrected chi connectivity index (χ0v) is 15.1. The second-order valence-electron chi connectivity index (χ2n) is 6.48. The van der Waals surface area contributed by atoms with Crippen molar-refractivity contribution in [3.63, 3.8) is 0 Å². The van der Waals surface area contributed by atoms with Gasteiger partial charge in [0.05, 0.1) is 18.4 Å². The zero-order valence-electron chi connectivity index (χ0n) is 13.5. The maximum Gasteiger partial charge on any atom is 0.229 e. The van der Waals surface area contributed by atoms with Crippen LogP contribution in [0.25, 0.3) is 0 Å². The first-order valence-electron chi connectivity index (χ1n) is 7.62. The van der Waals surface area contributed by atoms with Crippen molar-refractivity contribution in [2.75, 3.05) is 11.4 Å². The third-order valence-corrected chi connectivity index (χ3v) is 4.25. The first-order valence-corrected chi connectivity index (χ1v) is 8.41. The molecule has 2 aromatic rings. The Labute approximate surface area is 144 Å². The van der Waals surface area contributed by atoms with E-state index in [2.05, 4.69) is 21.0 Å². The monoisotopic (exact) mass is 377 g/mol. The van der Waals surface area contributed by atoms with Crippen molar-refractivity contribution in [3.05, 3.63) is 40.6 Å². The molecule has 0 spiro atoms. The van der Waals surface area contributed by atoms with Crippen LogP contribution in [0.15, 0.2) is 35.1 Å². The van der Waals surface area contributed by atoms with E-state index in [0.29, 0.717) is 19.5 Å². The average molecular weight is 378 g/mol. The quantitative estimate of drug-likeness (QED) is 0.821. The molecule has 0 bridgehead atoms. The van der Waals surface area contributed by atoms with Gasteiger partial charge in [0.1, 0.15) is 11.4 Å². The highest BCUT2D eigenvalue weighted by molar-refractivity contribution is 9.10. The summed E-state index contributed by atoms with van der Waals surface area (Å²) in [5.74, 6) is 0.817. The summed E-state index contributed by atoms with van der Waals surface area (Å²) >= 11 is 3.45. The number of amides is 1. The van der Waals surface area contributed by atoms with E-state index in [1.807, 2.05) is 50.1 Å². The molecule has 2 heterocycles. The predicted octanol–water partition coefficient (Wildman–Crippen LogP) is 3.55. The number of hydrogen-bond acceptors (Lipinski definition) is 3. The summed E-state index contributed by atoms with van der Waals surface area (Å²) in [5, 5.41) is 4.23. The number of carbonyl (C=O) groups excluding carboxylic acids is 1. The Bertz CT molecular complexity index is 739. The minimum Gasteiger partial charge on any atom is -0.484 e. The molecule has 1 amide bonds. The molecular formula is C17H20BrN3O2. The highest BCUT2D eigenvalue weighted by Gasteiger charge is 2.34. The number of carbonyl (C=O) groups is 1. The third kappa shape index (κ3) is 3.58. The van der Waals surface area contributed by atoms with Crippen LogP contribution in [0.3, 0.4) is 0 Å². The molecule has 0 fully saturated rings. The van der Waals surface area contributed by atoms with E-state index in [-0.39, 0.29) is 5.91 Å². The van der Waals surface area contributed by atoms with Crippen molar-refractivity contribution in [1.82, 2.24) is 9.78 Å². The number of rotatable bonds is 3. The first kappa shape index (κ1) is 16.1. The second-order valence-corrected chi connectivity index (χ2v) is 7.40. The van der Waals surface area contributed by atoms with Crippen LogP contribution in [-0.2, 0) is 11.3 Å². The first-order chi connectivity index (χ1) is 10.8. The van der Waals surface area contributed by atoms with Crippen LogP contribution in [-0.4, -0.2) is 27.8 Å². The van der Waals surface area contributed by atoms with Crippen molar-refractivity contribution in [2.24, 2.45) is 0 Å². The third-order valence-electron chi connectivity index (χ3n) is 3.76. The van der Waals surface area contributed by atoms with Crippen LogP contribution in [0.2, 0.25) is 0 Å². The molecule has 5 nitrogen and oxygen atoms in total. The van der Waals surface area contributed by atoms with E-state index in [4.69, 9.17) is 4.74 Å². The number of aromatic nitrogens is 2. The molecule has 0 saturated carbocycles. The van der Waals surface area contributed by atoms with Gasteiger partial charge >= 0.3 is 0 Å². The fourth-order valence-corrected chi connectivity index (χ4v) is 3.09. The molecule has 1 aromatic heterocycles. The lowest BCUT2D eigenvalue weighted by Crippen LogP contribution is -2.49. The number of ether oxygens (including phenoxy) is 1. The Morgan fingerprint density at radius 2 is 2.22 bits per heavy atom. The molecule has 0 N–H and O–H groups in total. The Morgan fingerprint density at radius 3 is 2.91 bits per heavy atom. The lowest BCUT2D eigenvalue weighted by Gasteiger charge is -2.39. The van der Waals surface area contributed by atoms with Crippen LogP contribution < -0.4 is 9.64 Å². The number of nitrogens with zero attached hydrogens (tertiary/aromatic N) is 3. The molecule has 6 heteroatoms. The van der Waals surface area contributed by atoms with Crippen LogP contribution in [0.1, 0.15) is 25.8 Å². The average Bonchev–Trinajstić information content (AvgIpc) is 2.88. The van der Waals surface area contributed by atoms with Crippen molar-refractivity contribution in [2.45, 2.75) is 39.3 Å². The number of hydrogen-bond donors (Lipinski definition) is 0. The normalized spacial score (nSPS) is 15.9. The van der Waals surface area contributed by atoms with Crippen molar-refractivity contribution < 1.29 is 9.53 Å². The van der Waals surface area contributed by atoms with E-state index < -0.39 is 5.60 Å². The molecule has 1 aromatic carbocycles. The van der Waals surface area contributed by atoms with E-state index in [1.165, 1.54) is 0 Å². The summed E-state index contributed by atoms with van der Waals surface area (Å²) in [6.45, 7) is 7.10. The van der Waals surface area contributed by atoms with Gasteiger partial charge in [-0.25, -0.2) is 0 Å². The number of aryl methyl sites for hydroxylation is 2. The Morgan fingerprint density at radius 1 is 1.43 bits per heavy atom. The number of anilines is 1. The number of benzene rings is 1. The molecular weight excluding hydrogens is 358 g/mol. The van der Waals surface area contributed by atoms with Gasteiger partial charge < -0.3 is 9.64 Å². The van der Waals surface area contributed by atoms with Gasteiger partial charge in [-0.1, -0.05) is 15.9 Å². The van der Waals surface area contributed by atoms with Gasteiger partial charge in [-0.05, 0) is 44.5 Å². The van der Waals surface area contributed by atoms with E-state index >= 15 is 0 Å². The molecule has 1 aliphatic rings. The molecule has 0 aliphatic carbocycles. The molecule has 1 aliphatic heterocycles. The van der Waals surface area contributed by atoms with Gasteiger partial charge in [0.15, 0.2) is 0 Å². The molecule has 3 rings (SSSR count). The summed E-state index contributed by atoms with van der Waals surface area (Å²) in [5.41, 5.74) is 1.51. The highest BCUT2D eigenvalue weighted by atomic mass is 79.9. The van der Waals surface area contributed by atoms with E-state index in [1.54, 1.807) is 10.9 Å². The Kier molecular flexibility index (Phi) is 4.19. The van der Waals surface area contributed by atoms with Crippen molar-refractivity contribution >= 4 is 27.5 Å². The van der Waals surface area contributed by atoms with Crippen molar-refractivity contribution in [3.8, 4) is 5.75 Å². The zero-order chi connectivity index (χ0) is 16.6. The maximum atomic E-state index is 12.7. The summed E-state index contributed by atoms with van der Waals surface area (Å²) < 4.78 is 8.75. The Balaban J connectivity index is 1.79. The maximum absolute atomic E-state index is 12.7. The summed E-state index contributed by atoms with van der Waals surface area (Å²) in [7, 11) is 0. The highest BCUT2D eigenvalue weighted by Crippen LogP contribution is 2.39. The van der Waals surface area contributed by atoms with Crippen LogP contribution in [0, 0.1) is 6.92 Å². The van der Waals surface area contributed by atoms with Gasteiger partial charge in [-0.15, -0.1) is 0 Å². The van der Waals surface area contributed by atoms with Gasteiger partial charge in [0.2, 0.25) is 5.91 Å². The smallest absolute Gasteiger partial charge is 0.229 e. The summed E-state index contributed by atoms with van der Waals surface area (Å²) in [4.78, 5) is 14.6. The molecule has 0 saturated heterocycles. The van der Waals surface area contributed by atoms with Gasteiger partial charge in [0.25, 0.3) is 0 Å². The second kappa shape index (κ2) is 6.00. The van der Waals surface area contributed by atoms with Crippen molar-refractivity contribution in [1.29, 1.82) is 0 Å². The molecule has 0 radical (unpaired) electrons. The minimum atomic E-state index is -0.411. The van der Waals surface area contributed by atoms with Gasteiger partial charge in [0, 0.05) is 23.6 Å². The van der Waals surface area contributed by atoms with Gasteiger partial charge in [-0.2, -0.15) is 5.10 Å². The number of fused-ring (bicyclic) bond motifs is 1. The lowest BCUT2D eigenvalue weighted by molar-refractivity contribution is -0.119. The number of halogens is 1. The SMILES string of the molecule is Cc1cnn(CCC(=O)N2CC(C)(C)Oc3cc(Br)ccc32)c1. The van der Waals surface area contributed by atoms with Crippen LogP contribution >= 0.6 is 15.9 Å². The fourth-order valence-electron chi connectivity index (χ4n) is 2.75. The van der Waals surface area contributed by atoms with E-state index in [0.717, 1.165) is 21.5 Å². The van der Waals surface area contributed by atoms with E-state index in [9.17, 15) is 4.79 Å². The van der Waals surface area contributed by atoms with Gasteiger partial charge in [-0.3, -0.25) is 9.48 Å². The van der Waals surface area contributed by atoms with Crippen LogP contribution in [0.4, 0.5) is 5.69 Å². The molecule has 122 valence electrons. The topological polar surface area (TPSA) is 47.4 Å². The Hall–Kier alpha value is -1.82. The summed E-state index contributed by atoms with van der Waals surface area (Å²) in [6.07, 6.45) is 4.16.